The van der Waals surface area contributed by atoms with E-state index in [-0.39, 0.29) is 0 Å². The van der Waals surface area contributed by atoms with Crippen LogP contribution in [-0.4, -0.2) is 36.7 Å². The maximum absolute atomic E-state index is 6.28. The average Bonchev–Trinajstić information content (AvgIpc) is 2.37. The summed E-state index contributed by atoms with van der Waals surface area (Å²) in [5.41, 5.74) is 7.69. The summed E-state index contributed by atoms with van der Waals surface area (Å²) in [6.45, 7) is 5.00. The molecular weight excluding hydrogens is 248 g/mol. The van der Waals surface area contributed by atoms with E-state index in [1.165, 1.54) is 31.4 Å². The quantitative estimate of drug-likeness (QED) is 0.917. The number of hydrogen-bond donors (Lipinski definition) is 1. The lowest BCUT2D eigenvalue weighted by Gasteiger charge is -2.44. The van der Waals surface area contributed by atoms with Gasteiger partial charge in [-0.15, -0.1) is 0 Å². The van der Waals surface area contributed by atoms with E-state index in [2.05, 4.69) is 29.2 Å². The first kappa shape index (κ1) is 13.9. The summed E-state index contributed by atoms with van der Waals surface area (Å²) in [6.07, 6.45) is 5.23. The fraction of sp³-hybridized carbons (Fsp3) is 0.647. The highest BCUT2D eigenvalue weighted by atomic mass is 16.5. The number of ether oxygens (including phenoxy) is 1. The minimum Gasteiger partial charge on any atom is -0.494 e. The Morgan fingerprint density at radius 3 is 2.55 bits per heavy atom. The third-order valence-electron chi connectivity index (χ3n) is 4.76. The summed E-state index contributed by atoms with van der Waals surface area (Å²) in [7, 11) is 0. The van der Waals surface area contributed by atoms with E-state index >= 15 is 0 Å². The summed E-state index contributed by atoms with van der Waals surface area (Å²) in [5.74, 6) is 1.54. The smallest absolute Gasteiger partial charge is 0.119 e. The molecule has 2 aliphatic rings. The molecule has 20 heavy (non-hydrogen) atoms. The van der Waals surface area contributed by atoms with Gasteiger partial charge in [-0.1, -0.05) is 18.6 Å². The van der Waals surface area contributed by atoms with Crippen molar-refractivity contribution in [2.75, 3.05) is 19.7 Å². The number of piperidine rings is 1. The first-order valence-electron chi connectivity index (χ1n) is 7.98. The Balaban J connectivity index is 1.68. The van der Waals surface area contributed by atoms with Crippen molar-refractivity contribution in [2.45, 2.75) is 50.6 Å². The van der Waals surface area contributed by atoms with Gasteiger partial charge >= 0.3 is 0 Å². The largest absolute Gasteiger partial charge is 0.494 e. The number of nitrogens with zero attached hydrogens (tertiary/aromatic N) is 1. The monoisotopic (exact) mass is 274 g/mol. The zero-order valence-electron chi connectivity index (χ0n) is 12.4. The number of likely N-dealkylation sites (tertiary alicyclic amines) is 1. The Kier molecular flexibility index (Phi) is 4.27. The molecular formula is C17H26N2O. The predicted molar refractivity (Wildman–Crippen MR) is 82.2 cm³/mol. The predicted octanol–water partition coefficient (Wildman–Crippen LogP) is 2.75. The number of benzene rings is 1. The Labute approximate surface area is 122 Å². The lowest BCUT2D eigenvalue weighted by atomic mass is 9.84. The lowest BCUT2D eigenvalue weighted by Crippen LogP contribution is -2.52. The highest BCUT2D eigenvalue weighted by Crippen LogP contribution is 2.33. The van der Waals surface area contributed by atoms with Crippen molar-refractivity contribution in [3.8, 4) is 5.75 Å². The second-order valence-electron chi connectivity index (χ2n) is 6.23. The molecule has 1 saturated carbocycles. The minimum atomic E-state index is 0.320. The zero-order chi connectivity index (χ0) is 13.9. The highest BCUT2D eigenvalue weighted by Gasteiger charge is 2.32. The minimum absolute atomic E-state index is 0.320. The average molecular weight is 274 g/mol. The van der Waals surface area contributed by atoms with E-state index in [1.54, 1.807) is 0 Å². The van der Waals surface area contributed by atoms with Crippen LogP contribution in [0.1, 0.15) is 44.1 Å². The van der Waals surface area contributed by atoms with E-state index in [0.717, 1.165) is 31.4 Å². The summed E-state index contributed by atoms with van der Waals surface area (Å²) >= 11 is 0. The van der Waals surface area contributed by atoms with Gasteiger partial charge in [-0.05, 0) is 49.8 Å². The summed E-state index contributed by atoms with van der Waals surface area (Å²) < 4.78 is 5.52. The molecule has 1 aromatic rings. The van der Waals surface area contributed by atoms with Crippen LogP contribution in [0.4, 0.5) is 0 Å². The van der Waals surface area contributed by atoms with Crippen LogP contribution in [0.5, 0.6) is 5.75 Å². The third-order valence-corrected chi connectivity index (χ3v) is 4.76. The molecule has 3 heteroatoms. The van der Waals surface area contributed by atoms with Crippen LogP contribution >= 0.6 is 0 Å². The molecule has 2 unspecified atom stereocenters. The fourth-order valence-corrected chi connectivity index (χ4v) is 3.47. The Bertz CT molecular complexity index is 427. The van der Waals surface area contributed by atoms with Gasteiger partial charge in [0.25, 0.3) is 0 Å². The molecule has 0 amide bonds. The van der Waals surface area contributed by atoms with E-state index in [0.29, 0.717) is 12.0 Å². The van der Waals surface area contributed by atoms with Gasteiger partial charge in [0.15, 0.2) is 0 Å². The van der Waals surface area contributed by atoms with Gasteiger partial charge in [-0.3, -0.25) is 4.90 Å². The first-order valence-corrected chi connectivity index (χ1v) is 7.98. The molecule has 0 aromatic heterocycles. The topological polar surface area (TPSA) is 38.5 Å². The highest BCUT2D eigenvalue weighted by molar-refractivity contribution is 5.30. The molecule has 1 saturated heterocycles. The van der Waals surface area contributed by atoms with Crippen LogP contribution in [0.15, 0.2) is 24.3 Å². The van der Waals surface area contributed by atoms with Crippen molar-refractivity contribution in [3.63, 3.8) is 0 Å². The van der Waals surface area contributed by atoms with Gasteiger partial charge in [0.1, 0.15) is 5.75 Å². The maximum atomic E-state index is 6.28. The Hall–Kier alpha value is -1.06. The molecule has 1 aliphatic carbocycles. The summed E-state index contributed by atoms with van der Waals surface area (Å²) in [5, 5.41) is 0. The molecule has 1 heterocycles. The van der Waals surface area contributed by atoms with Gasteiger partial charge in [0, 0.05) is 25.2 Å². The number of hydrogen-bond acceptors (Lipinski definition) is 3. The van der Waals surface area contributed by atoms with Crippen molar-refractivity contribution >= 4 is 0 Å². The fourth-order valence-electron chi connectivity index (χ4n) is 3.47. The third kappa shape index (κ3) is 2.99. The van der Waals surface area contributed by atoms with Gasteiger partial charge in [-0.2, -0.15) is 0 Å². The second-order valence-corrected chi connectivity index (χ2v) is 6.23. The molecule has 1 aromatic carbocycles. The van der Waals surface area contributed by atoms with Crippen molar-refractivity contribution in [1.82, 2.24) is 4.90 Å². The first-order chi connectivity index (χ1) is 9.76. The molecule has 0 spiro atoms. The van der Waals surface area contributed by atoms with Crippen molar-refractivity contribution < 1.29 is 4.74 Å². The molecule has 2 N–H and O–H groups in total. The van der Waals surface area contributed by atoms with Crippen LogP contribution in [0.25, 0.3) is 0 Å². The molecule has 110 valence electrons. The molecule has 3 rings (SSSR count). The van der Waals surface area contributed by atoms with Crippen LogP contribution in [0, 0.1) is 0 Å². The van der Waals surface area contributed by atoms with Crippen LogP contribution < -0.4 is 10.5 Å². The SMILES string of the molecule is CCOc1ccc(C2CC(N)CN(C3CCC3)C2)cc1. The van der Waals surface area contributed by atoms with E-state index < -0.39 is 0 Å². The van der Waals surface area contributed by atoms with Crippen molar-refractivity contribution in [3.05, 3.63) is 29.8 Å². The zero-order valence-corrected chi connectivity index (χ0v) is 12.4. The second kappa shape index (κ2) is 6.15. The molecule has 0 bridgehead atoms. The maximum Gasteiger partial charge on any atom is 0.119 e. The van der Waals surface area contributed by atoms with Crippen molar-refractivity contribution in [1.29, 1.82) is 0 Å². The molecule has 3 nitrogen and oxygen atoms in total. The van der Waals surface area contributed by atoms with Crippen LogP contribution in [0.3, 0.4) is 0 Å². The van der Waals surface area contributed by atoms with Gasteiger partial charge in [0.05, 0.1) is 6.61 Å². The van der Waals surface area contributed by atoms with Gasteiger partial charge in [-0.25, -0.2) is 0 Å². The Morgan fingerprint density at radius 2 is 1.95 bits per heavy atom. The normalized spacial score (nSPS) is 28.1. The molecule has 0 radical (unpaired) electrons. The molecule has 2 atom stereocenters. The van der Waals surface area contributed by atoms with Crippen molar-refractivity contribution in [2.24, 2.45) is 5.73 Å². The van der Waals surface area contributed by atoms with Crippen LogP contribution in [-0.2, 0) is 0 Å². The van der Waals surface area contributed by atoms with E-state index in [1.807, 2.05) is 6.92 Å². The Morgan fingerprint density at radius 1 is 1.20 bits per heavy atom. The summed E-state index contributed by atoms with van der Waals surface area (Å²) in [4.78, 5) is 2.62. The molecule has 2 fully saturated rings. The molecule has 1 aliphatic heterocycles. The number of nitrogens with two attached hydrogens (primary N) is 1. The standard InChI is InChI=1S/C17H26N2O/c1-2-20-17-8-6-13(7-9-17)14-10-15(18)12-19(11-14)16-4-3-5-16/h6-9,14-16H,2-5,10-12,18H2,1H3. The van der Waals surface area contributed by atoms with Gasteiger partial charge < -0.3 is 10.5 Å². The van der Waals surface area contributed by atoms with Crippen LogP contribution in [0.2, 0.25) is 0 Å². The van der Waals surface area contributed by atoms with E-state index in [9.17, 15) is 0 Å². The summed E-state index contributed by atoms with van der Waals surface area (Å²) in [6, 6.07) is 9.73. The van der Waals surface area contributed by atoms with E-state index in [4.69, 9.17) is 10.5 Å². The van der Waals surface area contributed by atoms with Gasteiger partial charge in [0.2, 0.25) is 0 Å². The number of rotatable bonds is 4. The lowest BCUT2D eigenvalue weighted by molar-refractivity contribution is 0.0848.